The van der Waals surface area contributed by atoms with Gasteiger partial charge in [0, 0.05) is 22.7 Å². The summed E-state index contributed by atoms with van der Waals surface area (Å²) < 4.78 is 32.9. The van der Waals surface area contributed by atoms with E-state index in [0.29, 0.717) is 21.9 Å². The van der Waals surface area contributed by atoms with Crippen molar-refractivity contribution in [3.8, 4) is 0 Å². The molecule has 3 heterocycles. The minimum Gasteiger partial charge on any atom is -0.314 e. The van der Waals surface area contributed by atoms with Crippen LogP contribution in [0.2, 0.25) is 0 Å². The molecule has 0 saturated carbocycles. The summed E-state index contributed by atoms with van der Waals surface area (Å²) >= 11 is 2.39. The molecule has 2 aromatic carbocycles. The molecule has 5 aromatic rings. The summed E-state index contributed by atoms with van der Waals surface area (Å²) in [6.07, 6.45) is 1.84. The maximum absolute atomic E-state index is 13.2. The lowest BCUT2D eigenvalue weighted by Crippen LogP contribution is -2.11. The Kier molecular flexibility index (Phi) is 6.48. The second kappa shape index (κ2) is 9.73. The van der Waals surface area contributed by atoms with Gasteiger partial charge in [-0.15, -0.1) is 11.3 Å². The van der Waals surface area contributed by atoms with Gasteiger partial charge in [0.25, 0.3) is 15.7 Å². The molecule has 0 atom stereocenters. The summed E-state index contributed by atoms with van der Waals surface area (Å²) in [6.45, 7) is 1.88. The summed E-state index contributed by atoms with van der Waals surface area (Å²) in [5, 5.41) is 13.3. The van der Waals surface area contributed by atoms with Crippen molar-refractivity contribution in [1.29, 1.82) is 0 Å². The number of nitro groups is 1. The molecule has 0 saturated heterocycles. The maximum atomic E-state index is 13.2. The molecule has 0 amide bonds. The first kappa shape index (κ1) is 24.0. The molecular weight excluding hydrogens is 515 g/mol. The average Bonchev–Trinajstić information content (AvgIpc) is 3.52. The lowest BCUT2D eigenvalue weighted by Gasteiger charge is -2.10. The normalized spacial score (nSPS) is 12.2. The fourth-order valence-electron chi connectivity index (χ4n) is 3.93. The molecule has 0 radical (unpaired) electrons. The summed E-state index contributed by atoms with van der Waals surface area (Å²) in [7, 11) is -3.97. The second-order valence-electron chi connectivity index (χ2n) is 7.80. The van der Waals surface area contributed by atoms with Crippen LogP contribution in [0.1, 0.15) is 16.8 Å². The minimum absolute atomic E-state index is 0.0101. The smallest absolute Gasteiger partial charge is 0.292 e. The number of pyridine rings is 1. The number of nitro benzene ring substituents is 1. The first-order valence-electron chi connectivity index (χ1n) is 10.8. The van der Waals surface area contributed by atoms with Crippen LogP contribution in [0.15, 0.2) is 115 Å². The molecule has 0 N–H and O–H groups in total. The molecule has 36 heavy (non-hydrogen) atoms. The summed E-state index contributed by atoms with van der Waals surface area (Å²) in [4.78, 5) is 12.5. The fourth-order valence-corrected chi connectivity index (χ4v) is 7.05. The predicted molar refractivity (Wildman–Crippen MR) is 143 cm³/mol. The number of nitrogens with zero attached hydrogens (tertiary/aromatic N) is 3. The molecule has 0 bridgehead atoms. The van der Waals surface area contributed by atoms with Crippen molar-refractivity contribution in [2.75, 3.05) is 0 Å². The van der Waals surface area contributed by atoms with Crippen molar-refractivity contribution in [2.24, 2.45) is 4.40 Å². The van der Waals surface area contributed by atoms with Gasteiger partial charge in [-0.05, 0) is 42.1 Å². The molecule has 10 heteroatoms. The van der Waals surface area contributed by atoms with Gasteiger partial charge in [0.2, 0.25) is 0 Å². The van der Waals surface area contributed by atoms with Crippen molar-refractivity contribution >= 4 is 50.0 Å². The molecule has 7 nitrogen and oxygen atoms in total. The zero-order valence-electron chi connectivity index (χ0n) is 18.9. The first-order chi connectivity index (χ1) is 17.4. The first-order valence-corrected chi connectivity index (χ1v) is 14.0. The maximum Gasteiger partial charge on any atom is 0.292 e. The summed E-state index contributed by atoms with van der Waals surface area (Å²) in [5.41, 5.74) is 3.14. The van der Waals surface area contributed by atoms with E-state index in [1.807, 2.05) is 66.1 Å². The number of thiophene rings is 1. The number of sulfonamides is 1. The van der Waals surface area contributed by atoms with Crippen LogP contribution in [0.25, 0.3) is 5.52 Å². The third-order valence-corrected chi connectivity index (χ3v) is 9.47. The van der Waals surface area contributed by atoms with Crippen LogP contribution in [0.5, 0.6) is 0 Å². The topological polar surface area (TPSA) is 94.0 Å². The Labute approximate surface area is 216 Å². The van der Waals surface area contributed by atoms with E-state index in [2.05, 4.69) is 4.40 Å². The average molecular weight is 534 g/mol. The van der Waals surface area contributed by atoms with Crippen molar-refractivity contribution in [3.63, 3.8) is 0 Å². The highest BCUT2D eigenvalue weighted by molar-refractivity contribution is 7.99. The molecule has 0 unspecified atom stereocenters. The van der Waals surface area contributed by atoms with Crippen molar-refractivity contribution in [2.45, 2.75) is 20.9 Å². The molecular formula is C26H19N3O4S3. The lowest BCUT2D eigenvalue weighted by molar-refractivity contribution is -0.387. The van der Waals surface area contributed by atoms with Crippen LogP contribution in [0.3, 0.4) is 0 Å². The van der Waals surface area contributed by atoms with Crippen LogP contribution < -0.4 is 0 Å². The highest BCUT2D eigenvalue weighted by Crippen LogP contribution is 2.41. The van der Waals surface area contributed by atoms with Gasteiger partial charge in [-0.2, -0.15) is 12.8 Å². The van der Waals surface area contributed by atoms with Crippen molar-refractivity contribution in [3.05, 3.63) is 123 Å². The van der Waals surface area contributed by atoms with Gasteiger partial charge in [0.15, 0.2) is 0 Å². The Morgan fingerprint density at radius 2 is 1.69 bits per heavy atom. The van der Waals surface area contributed by atoms with Gasteiger partial charge in [0.05, 0.1) is 21.0 Å². The van der Waals surface area contributed by atoms with E-state index >= 15 is 0 Å². The summed E-state index contributed by atoms with van der Waals surface area (Å²) in [6, 6.07) is 24.6. The number of hydrogen-bond acceptors (Lipinski definition) is 6. The van der Waals surface area contributed by atoms with Gasteiger partial charge in [-0.1, -0.05) is 66.4 Å². The van der Waals surface area contributed by atoms with Crippen molar-refractivity contribution in [1.82, 2.24) is 4.40 Å². The Morgan fingerprint density at radius 1 is 0.972 bits per heavy atom. The second-order valence-corrected chi connectivity index (χ2v) is 11.6. The number of benzene rings is 2. The molecule has 0 spiro atoms. The van der Waals surface area contributed by atoms with E-state index < -0.39 is 14.9 Å². The van der Waals surface area contributed by atoms with E-state index in [1.54, 1.807) is 29.6 Å². The monoisotopic (exact) mass is 533 g/mol. The van der Waals surface area contributed by atoms with Gasteiger partial charge < -0.3 is 4.40 Å². The van der Waals surface area contributed by atoms with Crippen LogP contribution >= 0.6 is 23.1 Å². The molecule has 3 aromatic heterocycles. The number of rotatable bonds is 7. The lowest BCUT2D eigenvalue weighted by atomic mass is 10.1. The number of aromatic nitrogens is 1. The summed E-state index contributed by atoms with van der Waals surface area (Å²) in [5.74, 6) is 0. The molecule has 0 aliphatic rings. The minimum atomic E-state index is -3.97. The van der Waals surface area contributed by atoms with E-state index in [1.165, 1.54) is 23.9 Å². The molecule has 5 rings (SSSR count). The number of para-hydroxylation sites is 1. The standard InChI is InChI=1S/C26H19N3O4S3/c1-18-25(24(19-10-3-2-4-11-19)27-36(32,33)23-15-9-17-34-23)28-16-8-7-13-21(28)26(18)35-22-14-6-5-12-20(22)29(30)31/h2-17H,1H3/b27-24+. The van der Waals surface area contributed by atoms with Crippen LogP contribution in [-0.2, 0) is 10.0 Å². The quantitative estimate of drug-likeness (QED) is 0.134. The molecule has 0 aliphatic heterocycles. The number of hydrogen-bond donors (Lipinski definition) is 0. The predicted octanol–water partition coefficient (Wildman–Crippen LogP) is 6.59. The van der Waals surface area contributed by atoms with Gasteiger partial charge in [0.1, 0.15) is 9.92 Å². The van der Waals surface area contributed by atoms with E-state index in [-0.39, 0.29) is 9.90 Å². The molecule has 0 aliphatic carbocycles. The van der Waals surface area contributed by atoms with Crippen molar-refractivity contribution < 1.29 is 13.3 Å². The van der Waals surface area contributed by atoms with Gasteiger partial charge >= 0.3 is 0 Å². The van der Waals surface area contributed by atoms with Crippen LogP contribution in [0, 0.1) is 17.0 Å². The third-order valence-electron chi connectivity index (χ3n) is 5.54. The SMILES string of the molecule is Cc1c(Sc2ccccc2[N+](=O)[O-])c2ccccn2c1/C(=N/S(=O)(=O)c1cccs1)c1ccccc1. The highest BCUT2D eigenvalue weighted by Gasteiger charge is 2.25. The third kappa shape index (κ3) is 4.46. The zero-order chi connectivity index (χ0) is 25.3. The van der Waals surface area contributed by atoms with E-state index in [0.717, 1.165) is 27.3 Å². The zero-order valence-corrected chi connectivity index (χ0v) is 21.4. The van der Waals surface area contributed by atoms with E-state index in [4.69, 9.17) is 0 Å². The van der Waals surface area contributed by atoms with Crippen LogP contribution in [0.4, 0.5) is 5.69 Å². The Bertz CT molecular complexity index is 1710. The fraction of sp³-hybridized carbons (Fsp3) is 0.0385. The molecule has 0 fully saturated rings. The van der Waals surface area contributed by atoms with Crippen LogP contribution in [-0.4, -0.2) is 23.5 Å². The van der Waals surface area contributed by atoms with Gasteiger partial charge in [-0.3, -0.25) is 10.1 Å². The highest BCUT2D eigenvalue weighted by atomic mass is 32.2. The number of fused-ring (bicyclic) bond motifs is 1. The Hall–Kier alpha value is -3.73. The Morgan fingerprint density at radius 3 is 2.42 bits per heavy atom. The molecule has 180 valence electrons. The van der Waals surface area contributed by atoms with E-state index in [9.17, 15) is 18.5 Å². The largest absolute Gasteiger partial charge is 0.314 e. The van der Waals surface area contributed by atoms with Gasteiger partial charge in [-0.25, -0.2) is 0 Å². The Balaban J connectivity index is 1.77.